The van der Waals surface area contributed by atoms with E-state index in [-0.39, 0.29) is 0 Å². The van der Waals surface area contributed by atoms with Crippen LogP contribution in [0, 0.1) is 5.92 Å². The number of hydrogen-bond acceptors (Lipinski definition) is 4. The Morgan fingerprint density at radius 2 is 1.92 bits per heavy atom. The zero-order valence-corrected chi connectivity index (χ0v) is 15.2. The topological polar surface area (TPSA) is 45.6 Å². The van der Waals surface area contributed by atoms with Gasteiger partial charge in [0.25, 0.3) is 0 Å². The van der Waals surface area contributed by atoms with Crippen molar-refractivity contribution in [1.29, 1.82) is 0 Å². The third-order valence-corrected chi connectivity index (χ3v) is 4.62. The zero-order chi connectivity index (χ0) is 17.5. The number of rotatable bonds is 6. The molecule has 1 aliphatic rings. The van der Waals surface area contributed by atoms with Gasteiger partial charge in [-0.25, -0.2) is 0 Å². The summed E-state index contributed by atoms with van der Waals surface area (Å²) in [5.74, 6) is 2.19. The Kier molecular flexibility index (Phi) is 6.18. The van der Waals surface area contributed by atoms with Crippen LogP contribution in [-0.4, -0.2) is 31.7 Å². The van der Waals surface area contributed by atoms with Crippen molar-refractivity contribution in [2.75, 3.05) is 19.7 Å². The summed E-state index contributed by atoms with van der Waals surface area (Å²) < 4.78 is 5.68. The van der Waals surface area contributed by atoms with Crippen LogP contribution < -0.4 is 15.4 Å². The van der Waals surface area contributed by atoms with Gasteiger partial charge in [0.2, 0.25) is 0 Å². The monoisotopic (exact) mass is 357 g/mol. The number of nitrogens with one attached hydrogen (secondary N) is 2. The van der Waals surface area contributed by atoms with Crippen LogP contribution in [0.3, 0.4) is 0 Å². The molecule has 0 saturated heterocycles. The molecule has 2 aromatic carbocycles. The highest BCUT2D eigenvalue weighted by Crippen LogP contribution is 2.16. The molecule has 2 unspecified atom stereocenters. The van der Waals surface area contributed by atoms with Crippen molar-refractivity contribution < 1.29 is 4.74 Å². The number of nitrogens with zero attached hydrogens (tertiary/aromatic N) is 1. The van der Waals surface area contributed by atoms with Gasteiger partial charge in [0.1, 0.15) is 12.4 Å². The third kappa shape index (κ3) is 5.40. The summed E-state index contributed by atoms with van der Waals surface area (Å²) in [6.07, 6.45) is 1.05. The summed E-state index contributed by atoms with van der Waals surface area (Å²) in [5, 5.41) is 7.48. The summed E-state index contributed by atoms with van der Waals surface area (Å²) in [6.45, 7) is 4.33. The van der Waals surface area contributed by atoms with E-state index in [0.717, 1.165) is 24.7 Å². The fraction of sp³-hybridized carbons (Fsp3) is 0.350. The van der Waals surface area contributed by atoms with E-state index in [9.17, 15) is 0 Å². The molecule has 0 amide bonds. The fourth-order valence-electron chi connectivity index (χ4n) is 2.88. The number of guanidine groups is 1. The molecule has 4 nitrogen and oxygen atoms in total. The number of ether oxygens (including phenoxy) is 1. The Balaban J connectivity index is 1.41. The maximum atomic E-state index is 5.86. The Bertz CT molecular complexity index is 688. The van der Waals surface area contributed by atoms with E-state index in [1.807, 2.05) is 24.3 Å². The molecule has 1 heterocycles. The third-order valence-electron chi connectivity index (χ3n) is 4.37. The summed E-state index contributed by atoms with van der Waals surface area (Å²) in [7, 11) is 0. The molecule has 0 fully saturated rings. The van der Waals surface area contributed by atoms with Gasteiger partial charge < -0.3 is 15.4 Å². The standard InChI is InChI=1S/C20H24ClN3O/c1-15-17(13-16-5-3-2-4-6-16)14-23-20(24-15)22-11-12-25-19-9-7-18(21)8-10-19/h2-10,15,17H,11-14H2,1H3,(H2,22,23,24). The molecule has 0 radical (unpaired) electrons. The minimum atomic E-state index is 0.386. The predicted molar refractivity (Wildman–Crippen MR) is 103 cm³/mol. The molecule has 3 rings (SSSR count). The van der Waals surface area contributed by atoms with Crippen molar-refractivity contribution >= 4 is 17.6 Å². The smallest absolute Gasteiger partial charge is 0.191 e. The van der Waals surface area contributed by atoms with Crippen molar-refractivity contribution in [1.82, 2.24) is 10.6 Å². The lowest BCUT2D eigenvalue weighted by atomic mass is 9.92. The number of halogens is 1. The number of aliphatic imine (C=N–C) groups is 1. The molecule has 25 heavy (non-hydrogen) atoms. The van der Waals surface area contributed by atoms with Crippen LogP contribution in [0.2, 0.25) is 5.02 Å². The van der Waals surface area contributed by atoms with Gasteiger partial charge in [-0.3, -0.25) is 4.99 Å². The van der Waals surface area contributed by atoms with E-state index in [2.05, 4.69) is 52.9 Å². The van der Waals surface area contributed by atoms with Crippen LogP contribution >= 0.6 is 11.6 Å². The highest BCUT2D eigenvalue weighted by molar-refractivity contribution is 6.30. The average molecular weight is 358 g/mol. The molecule has 2 N–H and O–H groups in total. The van der Waals surface area contributed by atoms with Gasteiger partial charge >= 0.3 is 0 Å². The highest BCUT2D eigenvalue weighted by Gasteiger charge is 2.22. The van der Waals surface area contributed by atoms with Crippen LogP contribution in [0.5, 0.6) is 5.75 Å². The van der Waals surface area contributed by atoms with E-state index in [4.69, 9.17) is 16.3 Å². The Morgan fingerprint density at radius 3 is 2.64 bits per heavy atom. The first-order valence-electron chi connectivity index (χ1n) is 8.68. The molecule has 2 atom stereocenters. The van der Waals surface area contributed by atoms with Gasteiger partial charge in [0.15, 0.2) is 5.96 Å². The first-order valence-corrected chi connectivity index (χ1v) is 9.05. The molecule has 2 aromatic rings. The van der Waals surface area contributed by atoms with Crippen LogP contribution in [0.15, 0.2) is 59.6 Å². The van der Waals surface area contributed by atoms with E-state index in [0.29, 0.717) is 30.1 Å². The van der Waals surface area contributed by atoms with Gasteiger partial charge in [-0.1, -0.05) is 41.9 Å². The van der Waals surface area contributed by atoms with Crippen molar-refractivity contribution in [2.45, 2.75) is 19.4 Å². The second-order valence-corrected chi connectivity index (χ2v) is 6.74. The summed E-state index contributed by atoms with van der Waals surface area (Å²) in [6, 6.07) is 18.4. The van der Waals surface area contributed by atoms with Crippen molar-refractivity contribution in [3.63, 3.8) is 0 Å². The maximum Gasteiger partial charge on any atom is 0.191 e. The van der Waals surface area contributed by atoms with E-state index >= 15 is 0 Å². The molecule has 132 valence electrons. The Hall–Kier alpha value is -2.20. The van der Waals surface area contributed by atoms with E-state index in [1.165, 1.54) is 5.56 Å². The molecule has 0 bridgehead atoms. The van der Waals surface area contributed by atoms with Gasteiger partial charge in [-0.15, -0.1) is 0 Å². The lowest BCUT2D eigenvalue weighted by Crippen LogP contribution is -2.50. The van der Waals surface area contributed by atoms with E-state index < -0.39 is 0 Å². The second kappa shape index (κ2) is 8.77. The van der Waals surface area contributed by atoms with Gasteiger partial charge in [0.05, 0.1) is 6.54 Å². The first kappa shape index (κ1) is 17.6. The van der Waals surface area contributed by atoms with Crippen molar-refractivity contribution in [3.05, 3.63) is 65.2 Å². The summed E-state index contributed by atoms with van der Waals surface area (Å²) in [5.41, 5.74) is 1.36. The summed E-state index contributed by atoms with van der Waals surface area (Å²) in [4.78, 5) is 4.64. The van der Waals surface area contributed by atoms with Crippen molar-refractivity contribution in [2.24, 2.45) is 10.9 Å². The molecule has 0 aromatic heterocycles. The highest BCUT2D eigenvalue weighted by atomic mass is 35.5. The Morgan fingerprint density at radius 1 is 1.16 bits per heavy atom. The predicted octanol–water partition coefficient (Wildman–Crippen LogP) is 3.52. The molecular weight excluding hydrogens is 334 g/mol. The lowest BCUT2D eigenvalue weighted by molar-refractivity contribution is 0.320. The fourth-order valence-corrected chi connectivity index (χ4v) is 3.01. The van der Waals surface area contributed by atoms with Crippen molar-refractivity contribution in [3.8, 4) is 5.75 Å². The quantitative estimate of drug-likeness (QED) is 0.777. The van der Waals surface area contributed by atoms with Crippen LogP contribution in [0.25, 0.3) is 0 Å². The van der Waals surface area contributed by atoms with Crippen LogP contribution in [0.4, 0.5) is 0 Å². The molecule has 5 heteroatoms. The molecular formula is C20H24ClN3O. The van der Waals surface area contributed by atoms with Crippen LogP contribution in [0.1, 0.15) is 12.5 Å². The maximum absolute atomic E-state index is 5.86. The normalized spacial score (nSPS) is 19.7. The SMILES string of the molecule is CC1NC(NCCOc2ccc(Cl)cc2)=NCC1Cc1ccccc1. The first-order chi connectivity index (χ1) is 12.2. The lowest BCUT2D eigenvalue weighted by Gasteiger charge is -2.30. The Labute approximate surface area is 154 Å². The average Bonchev–Trinajstić information content (AvgIpc) is 2.63. The molecule has 0 saturated carbocycles. The molecule has 1 aliphatic heterocycles. The number of hydrogen-bond donors (Lipinski definition) is 2. The number of benzene rings is 2. The molecule has 0 aliphatic carbocycles. The second-order valence-electron chi connectivity index (χ2n) is 6.30. The van der Waals surface area contributed by atoms with Gasteiger partial charge in [-0.05, 0) is 43.2 Å². The molecule has 0 spiro atoms. The van der Waals surface area contributed by atoms with E-state index in [1.54, 1.807) is 0 Å². The largest absolute Gasteiger partial charge is 0.492 e. The van der Waals surface area contributed by atoms with Gasteiger partial charge in [-0.2, -0.15) is 0 Å². The van der Waals surface area contributed by atoms with Crippen LogP contribution in [-0.2, 0) is 6.42 Å². The zero-order valence-electron chi connectivity index (χ0n) is 14.4. The summed E-state index contributed by atoms with van der Waals surface area (Å²) >= 11 is 5.86. The van der Waals surface area contributed by atoms with Gasteiger partial charge in [0, 0.05) is 23.5 Å². The minimum Gasteiger partial charge on any atom is -0.492 e. The minimum absolute atomic E-state index is 0.386.